The van der Waals surface area contributed by atoms with Gasteiger partial charge in [-0.2, -0.15) is 0 Å². The number of carbonyl (C=O) groups is 1. The van der Waals surface area contributed by atoms with Crippen LogP contribution in [-0.4, -0.2) is 33.9 Å². The van der Waals surface area contributed by atoms with Crippen molar-refractivity contribution in [2.75, 3.05) is 18.0 Å². The van der Waals surface area contributed by atoms with E-state index >= 15 is 0 Å². The van der Waals surface area contributed by atoms with Gasteiger partial charge in [-0.1, -0.05) is 30.3 Å². The van der Waals surface area contributed by atoms with Crippen LogP contribution in [0.15, 0.2) is 67.3 Å². The van der Waals surface area contributed by atoms with E-state index in [1.807, 2.05) is 48.5 Å². The van der Waals surface area contributed by atoms with E-state index in [0.29, 0.717) is 6.54 Å². The first-order valence-electron chi connectivity index (χ1n) is 9.58. The molecule has 1 aliphatic rings. The van der Waals surface area contributed by atoms with Gasteiger partial charge in [0.25, 0.3) is 0 Å². The molecule has 0 radical (unpaired) electrons. The average Bonchev–Trinajstić information content (AvgIpc) is 2.79. The molecule has 4 rings (SSSR count). The first kappa shape index (κ1) is 18.1. The van der Waals surface area contributed by atoms with Crippen molar-refractivity contribution in [3.05, 3.63) is 72.8 Å². The molecule has 3 heterocycles. The Morgan fingerprint density at radius 1 is 1.04 bits per heavy atom. The maximum absolute atomic E-state index is 12.5. The fourth-order valence-electron chi connectivity index (χ4n) is 3.49. The second-order valence-corrected chi connectivity index (χ2v) is 6.96. The number of nitrogens with zero attached hydrogens (tertiary/aromatic N) is 4. The third kappa shape index (κ3) is 4.34. The summed E-state index contributed by atoms with van der Waals surface area (Å²) >= 11 is 0. The molecule has 1 N–H and O–H groups in total. The minimum absolute atomic E-state index is 0.0496. The normalized spacial score (nSPS) is 14.6. The number of piperidine rings is 1. The van der Waals surface area contributed by atoms with Crippen LogP contribution in [0.2, 0.25) is 0 Å². The molecule has 1 aliphatic heterocycles. The van der Waals surface area contributed by atoms with E-state index in [1.54, 1.807) is 18.7 Å². The summed E-state index contributed by atoms with van der Waals surface area (Å²) in [7, 11) is 0. The number of amides is 1. The van der Waals surface area contributed by atoms with Crippen molar-refractivity contribution < 1.29 is 4.79 Å². The highest BCUT2D eigenvalue weighted by molar-refractivity contribution is 5.79. The minimum atomic E-state index is 0.0496. The van der Waals surface area contributed by atoms with Crippen LogP contribution in [0, 0.1) is 5.92 Å². The number of carbonyl (C=O) groups excluding carboxylic acids is 1. The van der Waals surface area contributed by atoms with Crippen molar-refractivity contribution in [3.63, 3.8) is 0 Å². The zero-order valence-corrected chi connectivity index (χ0v) is 15.7. The van der Waals surface area contributed by atoms with Gasteiger partial charge in [-0.25, -0.2) is 9.97 Å². The molecule has 0 aliphatic carbocycles. The van der Waals surface area contributed by atoms with Crippen molar-refractivity contribution in [2.45, 2.75) is 19.4 Å². The van der Waals surface area contributed by atoms with Gasteiger partial charge in [0.15, 0.2) is 0 Å². The van der Waals surface area contributed by atoms with Crippen LogP contribution in [0.3, 0.4) is 0 Å². The van der Waals surface area contributed by atoms with Crippen LogP contribution in [-0.2, 0) is 11.3 Å². The Morgan fingerprint density at radius 3 is 2.54 bits per heavy atom. The molecular weight excluding hydrogens is 350 g/mol. The SMILES string of the molecule is O=C(NCc1ccncc1)C1CCN(c2cc(-c3ccccc3)ncn2)CC1. The van der Waals surface area contributed by atoms with Gasteiger partial charge in [-0.15, -0.1) is 0 Å². The van der Waals surface area contributed by atoms with Crippen molar-refractivity contribution in [3.8, 4) is 11.3 Å². The highest BCUT2D eigenvalue weighted by Gasteiger charge is 2.25. The highest BCUT2D eigenvalue weighted by atomic mass is 16.1. The summed E-state index contributed by atoms with van der Waals surface area (Å²) in [6.07, 6.45) is 6.75. The molecule has 2 aromatic heterocycles. The van der Waals surface area contributed by atoms with E-state index in [-0.39, 0.29) is 11.8 Å². The van der Waals surface area contributed by atoms with E-state index in [1.165, 1.54) is 0 Å². The summed E-state index contributed by atoms with van der Waals surface area (Å²) in [5, 5.41) is 3.04. The van der Waals surface area contributed by atoms with Crippen LogP contribution in [0.4, 0.5) is 5.82 Å². The molecule has 6 nitrogen and oxygen atoms in total. The fraction of sp³-hybridized carbons (Fsp3) is 0.273. The van der Waals surface area contributed by atoms with Gasteiger partial charge < -0.3 is 10.2 Å². The number of hydrogen-bond acceptors (Lipinski definition) is 5. The Labute approximate surface area is 164 Å². The molecule has 6 heteroatoms. The quantitative estimate of drug-likeness (QED) is 0.744. The van der Waals surface area contributed by atoms with Gasteiger partial charge in [0.2, 0.25) is 5.91 Å². The number of aromatic nitrogens is 3. The number of pyridine rings is 1. The Kier molecular flexibility index (Phi) is 5.56. The summed E-state index contributed by atoms with van der Waals surface area (Å²) in [6.45, 7) is 2.19. The molecule has 3 aromatic rings. The first-order valence-corrected chi connectivity index (χ1v) is 9.58. The Morgan fingerprint density at radius 2 is 1.79 bits per heavy atom. The number of anilines is 1. The smallest absolute Gasteiger partial charge is 0.223 e. The first-order chi connectivity index (χ1) is 13.8. The molecule has 0 atom stereocenters. The van der Waals surface area contributed by atoms with Gasteiger partial charge in [-0.05, 0) is 30.5 Å². The van der Waals surface area contributed by atoms with Gasteiger partial charge in [0, 0.05) is 49.6 Å². The number of hydrogen-bond donors (Lipinski definition) is 1. The van der Waals surface area contributed by atoms with Gasteiger partial charge in [-0.3, -0.25) is 9.78 Å². The predicted octanol–water partition coefficient (Wildman–Crippen LogP) is 3.07. The zero-order chi connectivity index (χ0) is 19.2. The van der Waals surface area contributed by atoms with Crippen molar-refractivity contribution in [1.29, 1.82) is 0 Å². The molecule has 1 fully saturated rings. The van der Waals surface area contributed by atoms with Crippen molar-refractivity contribution in [1.82, 2.24) is 20.3 Å². The van der Waals surface area contributed by atoms with E-state index in [4.69, 9.17) is 0 Å². The Hall–Kier alpha value is -3.28. The summed E-state index contributed by atoms with van der Waals surface area (Å²) in [5.41, 5.74) is 3.06. The summed E-state index contributed by atoms with van der Waals surface area (Å²) in [5.74, 6) is 1.10. The zero-order valence-electron chi connectivity index (χ0n) is 15.7. The maximum Gasteiger partial charge on any atom is 0.223 e. The van der Waals surface area contributed by atoms with E-state index in [9.17, 15) is 4.79 Å². The molecule has 0 unspecified atom stereocenters. The molecule has 1 amide bonds. The second-order valence-electron chi connectivity index (χ2n) is 6.96. The summed E-state index contributed by atoms with van der Waals surface area (Å²) < 4.78 is 0. The molecule has 1 saturated heterocycles. The average molecular weight is 373 g/mol. The lowest BCUT2D eigenvalue weighted by Gasteiger charge is -2.32. The largest absolute Gasteiger partial charge is 0.356 e. The molecule has 28 heavy (non-hydrogen) atoms. The monoisotopic (exact) mass is 373 g/mol. The number of rotatable bonds is 5. The summed E-state index contributed by atoms with van der Waals surface area (Å²) in [6, 6.07) is 16.0. The molecule has 1 aromatic carbocycles. The van der Waals surface area contributed by atoms with Crippen LogP contribution >= 0.6 is 0 Å². The topological polar surface area (TPSA) is 71.0 Å². The van der Waals surface area contributed by atoms with Gasteiger partial charge >= 0.3 is 0 Å². The molecule has 0 saturated carbocycles. The lowest BCUT2D eigenvalue weighted by atomic mass is 9.95. The lowest BCUT2D eigenvalue weighted by Crippen LogP contribution is -2.40. The van der Waals surface area contributed by atoms with E-state index < -0.39 is 0 Å². The molecule has 0 spiro atoms. The molecular formula is C22H23N5O. The Balaban J connectivity index is 1.33. The van der Waals surface area contributed by atoms with Crippen LogP contribution in [0.5, 0.6) is 0 Å². The lowest BCUT2D eigenvalue weighted by molar-refractivity contribution is -0.125. The van der Waals surface area contributed by atoms with Crippen molar-refractivity contribution >= 4 is 11.7 Å². The maximum atomic E-state index is 12.5. The predicted molar refractivity (Wildman–Crippen MR) is 108 cm³/mol. The van der Waals surface area contributed by atoms with Gasteiger partial charge in [0.05, 0.1) is 5.69 Å². The summed E-state index contributed by atoms with van der Waals surface area (Å²) in [4.78, 5) is 27.6. The standard InChI is InChI=1S/C22H23N5O/c28-22(24-15-17-6-10-23-11-7-17)19-8-12-27(13-9-19)21-14-20(25-16-26-21)18-4-2-1-3-5-18/h1-7,10-11,14,16,19H,8-9,12-13,15H2,(H,24,28). The molecule has 0 bridgehead atoms. The fourth-order valence-corrected chi connectivity index (χ4v) is 3.49. The Bertz CT molecular complexity index is 908. The van der Waals surface area contributed by atoms with Crippen LogP contribution < -0.4 is 10.2 Å². The van der Waals surface area contributed by atoms with Crippen LogP contribution in [0.25, 0.3) is 11.3 Å². The van der Waals surface area contributed by atoms with Gasteiger partial charge in [0.1, 0.15) is 12.1 Å². The number of benzene rings is 1. The third-order valence-corrected chi connectivity index (χ3v) is 5.13. The van der Waals surface area contributed by atoms with E-state index in [2.05, 4.69) is 25.2 Å². The molecule has 142 valence electrons. The highest BCUT2D eigenvalue weighted by Crippen LogP contribution is 2.25. The van der Waals surface area contributed by atoms with E-state index in [0.717, 1.165) is 48.6 Å². The third-order valence-electron chi connectivity index (χ3n) is 5.13. The van der Waals surface area contributed by atoms with Crippen LogP contribution in [0.1, 0.15) is 18.4 Å². The minimum Gasteiger partial charge on any atom is -0.356 e. The number of nitrogens with one attached hydrogen (secondary N) is 1. The van der Waals surface area contributed by atoms with Crippen molar-refractivity contribution in [2.24, 2.45) is 5.92 Å². The second kappa shape index (κ2) is 8.61.